The molecular formula is C16H25N5O2S2. The van der Waals surface area contributed by atoms with Crippen LogP contribution in [0.5, 0.6) is 0 Å². The van der Waals surface area contributed by atoms with Gasteiger partial charge in [-0.3, -0.25) is 0 Å². The van der Waals surface area contributed by atoms with Crippen molar-refractivity contribution in [1.82, 2.24) is 24.8 Å². The van der Waals surface area contributed by atoms with E-state index in [1.54, 1.807) is 5.38 Å². The molecule has 0 fully saturated rings. The lowest BCUT2D eigenvalue weighted by atomic mass is 10.0. The van der Waals surface area contributed by atoms with Gasteiger partial charge in [-0.05, 0) is 36.3 Å². The molecule has 0 saturated heterocycles. The largest absolute Gasteiger partial charge is 0.315 e. The number of sulfonamides is 1. The maximum atomic E-state index is 12.9. The van der Waals surface area contributed by atoms with Crippen molar-refractivity contribution in [3.8, 4) is 0 Å². The van der Waals surface area contributed by atoms with Crippen LogP contribution in [-0.4, -0.2) is 36.3 Å². The van der Waals surface area contributed by atoms with Gasteiger partial charge in [0.05, 0.1) is 6.04 Å². The summed E-state index contributed by atoms with van der Waals surface area (Å²) in [6.07, 6.45) is 1.48. The molecule has 0 aromatic carbocycles. The lowest BCUT2D eigenvalue weighted by molar-refractivity contribution is 0.439. The van der Waals surface area contributed by atoms with Crippen molar-refractivity contribution < 1.29 is 8.42 Å². The molecule has 138 valence electrons. The van der Waals surface area contributed by atoms with Crippen molar-refractivity contribution in [2.75, 3.05) is 13.1 Å². The molecule has 2 N–H and O–H groups in total. The van der Waals surface area contributed by atoms with Gasteiger partial charge < -0.3 is 9.88 Å². The van der Waals surface area contributed by atoms with Crippen LogP contribution in [0.3, 0.4) is 0 Å². The summed E-state index contributed by atoms with van der Waals surface area (Å²) >= 11 is 1.24. The molecule has 0 bridgehead atoms. The van der Waals surface area contributed by atoms with Crippen LogP contribution in [0.15, 0.2) is 15.7 Å². The predicted molar refractivity (Wildman–Crippen MR) is 98.2 cm³/mol. The number of rotatable bonds is 6. The molecule has 2 aromatic rings. The van der Waals surface area contributed by atoms with Crippen LogP contribution in [0.4, 0.5) is 0 Å². The fourth-order valence-electron chi connectivity index (χ4n) is 3.10. The lowest BCUT2D eigenvalue weighted by Gasteiger charge is -2.21. The number of fused-ring (bicyclic) bond motifs is 1. The van der Waals surface area contributed by atoms with Crippen molar-refractivity contribution in [2.24, 2.45) is 5.92 Å². The number of aromatic nitrogens is 3. The van der Waals surface area contributed by atoms with Gasteiger partial charge in [0.15, 0.2) is 5.82 Å². The maximum absolute atomic E-state index is 12.9. The first-order valence-corrected chi connectivity index (χ1v) is 10.9. The Morgan fingerprint density at radius 1 is 1.36 bits per heavy atom. The van der Waals surface area contributed by atoms with Gasteiger partial charge in [-0.15, -0.1) is 21.5 Å². The molecule has 0 radical (unpaired) electrons. The highest BCUT2D eigenvalue weighted by atomic mass is 32.2. The van der Waals surface area contributed by atoms with Crippen molar-refractivity contribution in [2.45, 2.75) is 50.4 Å². The second-order valence-electron chi connectivity index (χ2n) is 6.82. The van der Waals surface area contributed by atoms with E-state index >= 15 is 0 Å². The quantitative estimate of drug-likeness (QED) is 0.795. The van der Waals surface area contributed by atoms with Gasteiger partial charge in [-0.25, -0.2) is 8.42 Å². The molecule has 0 aliphatic carbocycles. The topological polar surface area (TPSA) is 88.9 Å². The van der Waals surface area contributed by atoms with Gasteiger partial charge in [-0.2, -0.15) is 4.72 Å². The van der Waals surface area contributed by atoms with E-state index < -0.39 is 10.0 Å². The molecule has 0 saturated carbocycles. The van der Waals surface area contributed by atoms with Crippen LogP contribution < -0.4 is 10.0 Å². The van der Waals surface area contributed by atoms with E-state index in [-0.39, 0.29) is 6.04 Å². The zero-order chi connectivity index (χ0) is 18.0. The van der Waals surface area contributed by atoms with Crippen LogP contribution in [0.25, 0.3) is 0 Å². The minimum absolute atomic E-state index is 0.328. The zero-order valence-electron chi connectivity index (χ0n) is 14.8. The molecule has 1 aliphatic rings. The molecule has 3 heterocycles. The number of nitrogens with zero attached hydrogens (tertiary/aromatic N) is 3. The SMILES string of the molecule is Cc1ccsc1S(=O)(=O)NC(CC(C)C)c1nnc2n1CCNCC2. The molecule has 0 amide bonds. The Kier molecular flexibility index (Phi) is 5.57. The monoisotopic (exact) mass is 383 g/mol. The molecule has 7 nitrogen and oxygen atoms in total. The maximum Gasteiger partial charge on any atom is 0.250 e. The normalized spacial score (nSPS) is 16.6. The number of nitrogens with one attached hydrogen (secondary N) is 2. The third-order valence-corrected chi connectivity index (χ3v) is 7.43. The Balaban J connectivity index is 1.93. The first-order chi connectivity index (χ1) is 11.9. The predicted octanol–water partition coefficient (Wildman–Crippen LogP) is 1.86. The standard InChI is InChI=1S/C16H25N5O2S2/c1-11(2)10-13(20-25(22,23)16-12(3)5-9-24-16)15-19-18-14-4-6-17-7-8-21(14)15/h5,9,11,13,17,20H,4,6-8,10H2,1-3H3. The van der Waals surface area contributed by atoms with Crippen molar-refractivity contribution in [1.29, 1.82) is 0 Å². The molecule has 0 spiro atoms. The Morgan fingerprint density at radius 2 is 2.16 bits per heavy atom. The van der Waals surface area contributed by atoms with E-state index in [0.717, 1.165) is 37.4 Å². The van der Waals surface area contributed by atoms with Gasteiger partial charge in [0.1, 0.15) is 10.0 Å². The highest BCUT2D eigenvalue weighted by Gasteiger charge is 2.29. The van der Waals surface area contributed by atoms with E-state index in [9.17, 15) is 8.42 Å². The van der Waals surface area contributed by atoms with E-state index in [0.29, 0.717) is 22.4 Å². The van der Waals surface area contributed by atoms with Gasteiger partial charge in [0.2, 0.25) is 0 Å². The molecule has 3 rings (SSSR count). The Morgan fingerprint density at radius 3 is 2.84 bits per heavy atom. The summed E-state index contributed by atoms with van der Waals surface area (Å²) in [5.41, 5.74) is 0.769. The van der Waals surface area contributed by atoms with Gasteiger partial charge in [-0.1, -0.05) is 13.8 Å². The van der Waals surface area contributed by atoms with Gasteiger partial charge in [0.25, 0.3) is 10.0 Å². The molecular weight excluding hydrogens is 358 g/mol. The summed E-state index contributed by atoms with van der Waals surface area (Å²) in [7, 11) is -3.58. The fraction of sp³-hybridized carbons (Fsp3) is 0.625. The summed E-state index contributed by atoms with van der Waals surface area (Å²) in [5, 5.41) is 13.8. The third kappa shape index (κ3) is 4.11. The first kappa shape index (κ1) is 18.5. The number of hydrogen-bond donors (Lipinski definition) is 2. The summed E-state index contributed by atoms with van der Waals surface area (Å²) < 4.78 is 31.1. The average molecular weight is 384 g/mol. The Labute approximate surface area is 152 Å². The summed E-state index contributed by atoms with van der Waals surface area (Å²) in [6.45, 7) is 8.44. The van der Waals surface area contributed by atoms with E-state index in [4.69, 9.17) is 0 Å². The van der Waals surface area contributed by atoms with E-state index in [1.807, 2.05) is 13.0 Å². The average Bonchev–Trinajstić information content (AvgIpc) is 3.06. The zero-order valence-corrected chi connectivity index (χ0v) is 16.5. The Bertz CT molecular complexity index is 825. The van der Waals surface area contributed by atoms with Crippen LogP contribution in [0.1, 0.15) is 43.5 Å². The molecule has 1 aliphatic heterocycles. The third-order valence-electron chi connectivity index (χ3n) is 4.27. The van der Waals surface area contributed by atoms with Gasteiger partial charge in [0, 0.05) is 26.1 Å². The van der Waals surface area contributed by atoms with Crippen LogP contribution in [-0.2, 0) is 23.0 Å². The minimum atomic E-state index is -3.58. The van der Waals surface area contributed by atoms with E-state index in [1.165, 1.54) is 11.3 Å². The highest BCUT2D eigenvalue weighted by molar-refractivity contribution is 7.91. The molecule has 9 heteroatoms. The van der Waals surface area contributed by atoms with Crippen LogP contribution in [0.2, 0.25) is 0 Å². The second kappa shape index (κ2) is 7.53. The molecule has 25 heavy (non-hydrogen) atoms. The minimum Gasteiger partial charge on any atom is -0.315 e. The van der Waals surface area contributed by atoms with Crippen LogP contribution >= 0.6 is 11.3 Å². The van der Waals surface area contributed by atoms with Gasteiger partial charge >= 0.3 is 0 Å². The molecule has 2 aromatic heterocycles. The summed E-state index contributed by atoms with van der Waals surface area (Å²) in [6, 6.07) is 1.44. The van der Waals surface area contributed by atoms with E-state index in [2.05, 4.69) is 38.7 Å². The van der Waals surface area contributed by atoms with Crippen molar-refractivity contribution >= 4 is 21.4 Å². The number of aryl methyl sites for hydroxylation is 1. The van der Waals surface area contributed by atoms with Crippen LogP contribution in [0, 0.1) is 12.8 Å². The lowest BCUT2D eigenvalue weighted by Crippen LogP contribution is -2.32. The number of thiophene rings is 1. The summed E-state index contributed by atoms with van der Waals surface area (Å²) in [5.74, 6) is 1.96. The summed E-state index contributed by atoms with van der Waals surface area (Å²) in [4.78, 5) is 0. The van der Waals surface area contributed by atoms with Crippen molar-refractivity contribution in [3.05, 3.63) is 28.7 Å². The smallest absolute Gasteiger partial charge is 0.250 e. The Hall–Kier alpha value is -1.29. The first-order valence-electron chi connectivity index (χ1n) is 8.57. The fourth-order valence-corrected chi connectivity index (χ4v) is 5.75. The molecule has 1 atom stereocenters. The number of hydrogen-bond acceptors (Lipinski definition) is 6. The second-order valence-corrected chi connectivity index (χ2v) is 9.65. The van der Waals surface area contributed by atoms with Crippen molar-refractivity contribution in [3.63, 3.8) is 0 Å². The highest BCUT2D eigenvalue weighted by Crippen LogP contribution is 2.27. The molecule has 1 unspecified atom stereocenters.